The van der Waals surface area contributed by atoms with Crippen molar-refractivity contribution < 1.29 is 5.11 Å². The first-order chi connectivity index (χ1) is 9.72. The van der Waals surface area contributed by atoms with Crippen LogP contribution in [0.4, 0.5) is 0 Å². The molecule has 1 heterocycles. The first-order valence-electron chi connectivity index (χ1n) is 8.23. The van der Waals surface area contributed by atoms with Crippen LogP contribution in [0.3, 0.4) is 0 Å². The molecule has 4 heteroatoms. The van der Waals surface area contributed by atoms with Crippen molar-refractivity contribution in [2.24, 2.45) is 11.8 Å². The number of hydrogen-bond donors (Lipinski definition) is 2. The van der Waals surface area contributed by atoms with E-state index in [9.17, 15) is 5.11 Å². The van der Waals surface area contributed by atoms with Crippen molar-refractivity contribution in [2.45, 2.75) is 57.6 Å². The van der Waals surface area contributed by atoms with Crippen molar-refractivity contribution in [1.82, 2.24) is 10.2 Å². The van der Waals surface area contributed by atoms with E-state index >= 15 is 0 Å². The molecule has 0 spiro atoms. The maximum Gasteiger partial charge on any atom is 0.0866 e. The molecule has 20 heavy (non-hydrogen) atoms. The molecule has 2 aliphatic rings. The monoisotopic (exact) mass is 279 g/mol. The van der Waals surface area contributed by atoms with E-state index in [0.717, 1.165) is 38.4 Å². The van der Waals surface area contributed by atoms with E-state index in [1.54, 1.807) is 0 Å². The van der Waals surface area contributed by atoms with Crippen LogP contribution in [-0.4, -0.2) is 48.3 Å². The second kappa shape index (κ2) is 7.97. The van der Waals surface area contributed by atoms with E-state index in [1.807, 2.05) is 6.92 Å². The second-order valence-electron chi connectivity index (χ2n) is 6.58. The summed E-state index contributed by atoms with van der Waals surface area (Å²) < 4.78 is 0. The number of piperidine rings is 1. The summed E-state index contributed by atoms with van der Waals surface area (Å²) in [7, 11) is 0. The van der Waals surface area contributed by atoms with Gasteiger partial charge in [0, 0.05) is 19.1 Å². The van der Waals surface area contributed by atoms with E-state index in [-0.39, 0.29) is 6.10 Å². The van der Waals surface area contributed by atoms with Crippen LogP contribution < -0.4 is 5.32 Å². The zero-order valence-corrected chi connectivity index (χ0v) is 12.7. The van der Waals surface area contributed by atoms with Gasteiger partial charge in [-0.05, 0) is 44.1 Å². The minimum absolute atomic E-state index is 0.229. The first kappa shape index (κ1) is 15.8. The van der Waals surface area contributed by atoms with Crippen LogP contribution in [0.15, 0.2) is 0 Å². The third-order valence-electron chi connectivity index (χ3n) is 4.99. The summed E-state index contributed by atoms with van der Waals surface area (Å²) in [5.41, 5.74) is 0. The molecule has 0 amide bonds. The molecular weight excluding hydrogens is 250 g/mol. The van der Waals surface area contributed by atoms with Crippen LogP contribution in [0.1, 0.15) is 45.4 Å². The van der Waals surface area contributed by atoms with Gasteiger partial charge < -0.3 is 10.4 Å². The van der Waals surface area contributed by atoms with Crippen molar-refractivity contribution in [1.29, 1.82) is 5.26 Å². The molecule has 2 N–H and O–H groups in total. The highest BCUT2D eigenvalue weighted by Gasteiger charge is 2.31. The van der Waals surface area contributed by atoms with Crippen LogP contribution in [0.2, 0.25) is 0 Å². The molecule has 2 fully saturated rings. The average molecular weight is 279 g/mol. The molecule has 0 bridgehead atoms. The molecular formula is C16H29N3O. The smallest absolute Gasteiger partial charge is 0.0866 e. The number of nitrogens with one attached hydrogen (secondary N) is 1. The predicted octanol–water partition coefficient (Wildman–Crippen LogP) is 1.75. The number of nitrogens with zero attached hydrogens (tertiary/aromatic N) is 2. The third kappa shape index (κ3) is 4.44. The van der Waals surface area contributed by atoms with Crippen LogP contribution in [0.25, 0.3) is 0 Å². The third-order valence-corrected chi connectivity index (χ3v) is 4.99. The van der Waals surface area contributed by atoms with Crippen molar-refractivity contribution in [3.05, 3.63) is 0 Å². The normalized spacial score (nSPS) is 30.2. The van der Waals surface area contributed by atoms with Crippen molar-refractivity contribution >= 4 is 0 Å². The molecule has 1 aliphatic carbocycles. The van der Waals surface area contributed by atoms with Crippen molar-refractivity contribution in [3.63, 3.8) is 0 Å². The molecule has 0 aromatic carbocycles. The molecule has 2 rings (SSSR count). The SMILES string of the molecule is CCC(O)C1CC(NCC2CCCC2)CN(CC#N)C1. The Labute approximate surface area is 123 Å². The Morgan fingerprint density at radius 3 is 2.75 bits per heavy atom. The Kier molecular flexibility index (Phi) is 6.28. The summed E-state index contributed by atoms with van der Waals surface area (Å²) in [6.07, 6.45) is 7.12. The molecule has 1 aliphatic heterocycles. The number of rotatable bonds is 6. The zero-order chi connectivity index (χ0) is 14.4. The topological polar surface area (TPSA) is 59.3 Å². The molecule has 0 aromatic heterocycles. The lowest BCUT2D eigenvalue weighted by atomic mass is 9.88. The largest absolute Gasteiger partial charge is 0.393 e. The Bertz CT molecular complexity index is 322. The number of aliphatic hydroxyl groups is 1. The average Bonchev–Trinajstić information content (AvgIpc) is 2.97. The fourth-order valence-electron chi connectivity index (χ4n) is 3.77. The van der Waals surface area contributed by atoms with Crippen LogP contribution in [-0.2, 0) is 0 Å². The lowest BCUT2D eigenvalue weighted by Crippen LogP contribution is -2.52. The summed E-state index contributed by atoms with van der Waals surface area (Å²) in [5.74, 6) is 1.15. The summed E-state index contributed by atoms with van der Waals surface area (Å²) >= 11 is 0. The first-order valence-corrected chi connectivity index (χ1v) is 8.23. The van der Waals surface area contributed by atoms with Gasteiger partial charge in [0.25, 0.3) is 0 Å². The molecule has 0 radical (unpaired) electrons. The second-order valence-corrected chi connectivity index (χ2v) is 6.58. The number of aliphatic hydroxyl groups excluding tert-OH is 1. The van der Waals surface area contributed by atoms with E-state index in [2.05, 4.69) is 16.3 Å². The minimum atomic E-state index is -0.229. The predicted molar refractivity (Wildman–Crippen MR) is 80.2 cm³/mol. The summed E-state index contributed by atoms with van der Waals surface area (Å²) in [6.45, 7) is 5.45. The molecule has 1 saturated heterocycles. The Hall–Kier alpha value is -0.630. The highest BCUT2D eigenvalue weighted by Crippen LogP contribution is 2.25. The Morgan fingerprint density at radius 1 is 1.35 bits per heavy atom. The maximum atomic E-state index is 10.1. The van der Waals surface area contributed by atoms with Crippen LogP contribution >= 0.6 is 0 Å². The van der Waals surface area contributed by atoms with E-state index in [4.69, 9.17) is 5.26 Å². The Morgan fingerprint density at radius 2 is 2.10 bits per heavy atom. The van der Waals surface area contributed by atoms with Crippen LogP contribution in [0.5, 0.6) is 0 Å². The van der Waals surface area contributed by atoms with Gasteiger partial charge in [-0.1, -0.05) is 19.8 Å². The van der Waals surface area contributed by atoms with Gasteiger partial charge >= 0.3 is 0 Å². The lowest BCUT2D eigenvalue weighted by molar-refractivity contribution is 0.0396. The maximum absolute atomic E-state index is 10.1. The van der Waals surface area contributed by atoms with Gasteiger partial charge in [0.2, 0.25) is 0 Å². The minimum Gasteiger partial charge on any atom is -0.393 e. The number of nitriles is 1. The van der Waals surface area contributed by atoms with E-state index in [0.29, 0.717) is 18.5 Å². The van der Waals surface area contributed by atoms with E-state index in [1.165, 1.54) is 25.7 Å². The summed E-state index contributed by atoms with van der Waals surface area (Å²) in [6, 6.07) is 2.68. The lowest BCUT2D eigenvalue weighted by Gasteiger charge is -2.39. The fourth-order valence-corrected chi connectivity index (χ4v) is 3.77. The summed E-state index contributed by atoms with van der Waals surface area (Å²) in [4.78, 5) is 2.19. The molecule has 0 aromatic rings. The van der Waals surface area contributed by atoms with Gasteiger partial charge in [-0.15, -0.1) is 0 Å². The van der Waals surface area contributed by atoms with Gasteiger partial charge in [-0.2, -0.15) is 5.26 Å². The van der Waals surface area contributed by atoms with Gasteiger partial charge in [-0.3, -0.25) is 4.90 Å². The highest BCUT2D eigenvalue weighted by atomic mass is 16.3. The quantitative estimate of drug-likeness (QED) is 0.727. The van der Waals surface area contributed by atoms with Gasteiger partial charge in [0.1, 0.15) is 0 Å². The molecule has 4 nitrogen and oxygen atoms in total. The molecule has 114 valence electrons. The Balaban J connectivity index is 1.84. The van der Waals surface area contributed by atoms with Gasteiger partial charge in [-0.25, -0.2) is 0 Å². The molecule has 1 saturated carbocycles. The highest BCUT2D eigenvalue weighted by molar-refractivity contribution is 4.90. The van der Waals surface area contributed by atoms with E-state index < -0.39 is 0 Å². The fraction of sp³-hybridized carbons (Fsp3) is 0.938. The van der Waals surface area contributed by atoms with Crippen molar-refractivity contribution in [3.8, 4) is 6.07 Å². The number of likely N-dealkylation sites (tertiary alicyclic amines) is 1. The molecule has 3 unspecified atom stereocenters. The zero-order valence-electron chi connectivity index (χ0n) is 12.7. The van der Waals surface area contributed by atoms with Crippen molar-refractivity contribution in [2.75, 3.05) is 26.2 Å². The standard InChI is InChI=1S/C16H29N3O/c1-2-16(20)14-9-15(12-19(11-14)8-7-17)18-10-13-5-3-4-6-13/h13-16,18,20H,2-6,8-12H2,1H3. The number of hydrogen-bond acceptors (Lipinski definition) is 4. The summed E-state index contributed by atoms with van der Waals surface area (Å²) in [5, 5.41) is 22.7. The van der Waals surface area contributed by atoms with Crippen LogP contribution in [0, 0.1) is 23.2 Å². The van der Waals surface area contributed by atoms with Gasteiger partial charge in [0.05, 0.1) is 18.7 Å². The molecule has 3 atom stereocenters. The van der Waals surface area contributed by atoms with Gasteiger partial charge in [0.15, 0.2) is 0 Å².